The molecular formula is C19H14N6. The zero-order valence-corrected chi connectivity index (χ0v) is 13.5. The highest BCUT2D eigenvalue weighted by atomic mass is 15.0. The largest absolute Gasteiger partial charge is 0.342 e. The molecule has 2 aromatic carbocycles. The Labute approximate surface area is 143 Å². The molecule has 0 amide bonds. The standard InChI is InChI=1S/C19H14N6/c1-11-22-14-4-2-12(8-16(14)23-11)13-3-5-15-17(9-13)25-19(24-15)18-10-20-6-7-21-18/h2-10H,1H3,(H,22,23)(H,24,25). The molecule has 0 aliphatic heterocycles. The zero-order chi connectivity index (χ0) is 16.8. The fourth-order valence-corrected chi connectivity index (χ4v) is 3.05. The van der Waals surface area contributed by atoms with Gasteiger partial charge in [-0.3, -0.25) is 4.98 Å². The van der Waals surface area contributed by atoms with Crippen molar-refractivity contribution in [3.05, 3.63) is 60.8 Å². The first-order chi connectivity index (χ1) is 12.3. The number of aryl methyl sites for hydroxylation is 1. The van der Waals surface area contributed by atoms with E-state index in [1.807, 2.05) is 19.1 Å². The van der Waals surface area contributed by atoms with Crippen molar-refractivity contribution in [1.82, 2.24) is 29.9 Å². The lowest BCUT2D eigenvalue weighted by Crippen LogP contribution is -1.85. The van der Waals surface area contributed by atoms with Crippen LogP contribution in [-0.2, 0) is 0 Å². The van der Waals surface area contributed by atoms with Crippen LogP contribution in [-0.4, -0.2) is 29.9 Å². The topological polar surface area (TPSA) is 83.1 Å². The fourth-order valence-electron chi connectivity index (χ4n) is 3.05. The molecule has 6 nitrogen and oxygen atoms in total. The van der Waals surface area contributed by atoms with Crippen LogP contribution in [0.4, 0.5) is 0 Å². The van der Waals surface area contributed by atoms with Gasteiger partial charge < -0.3 is 9.97 Å². The molecule has 5 aromatic rings. The Morgan fingerprint density at radius 1 is 0.800 bits per heavy atom. The summed E-state index contributed by atoms with van der Waals surface area (Å²) in [6.45, 7) is 1.96. The normalized spacial score (nSPS) is 11.4. The average Bonchev–Trinajstić information content (AvgIpc) is 3.23. The van der Waals surface area contributed by atoms with Gasteiger partial charge in [0.25, 0.3) is 0 Å². The summed E-state index contributed by atoms with van der Waals surface area (Å²) in [6, 6.07) is 12.4. The predicted octanol–water partition coefficient (Wildman–Crippen LogP) is 3.87. The van der Waals surface area contributed by atoms with Crippen molar-refractivity contribution in [3.8, 4) is 22.6 Å². The van der Waals surface area contributed by atoms with Gasteiger partial charge in [-0.2, -0.15) is 0 Å². The highest BCUT2D eigenvalue weighted by molar-refractivity contribution is 5.87. The molecule has 0 aliphatic rings. The van der Waals surface area contributed by atoms with Crippen molar-refractivity contribution in [1.29, 1.82) is 0 Å². The minimum absolute atomic E-state index is 0.722. The lowest BCUT2D eigenvalue weighted by atomic mass is 10.0. The molecule has 0 spiro atoms. The number of rotatable bonds is 2. The van der Waals surface area contributed by atoms with Gasteiger partial charge in [0, 0.05) is 12.4 Å². The summed E-state index contributed by atoms with van der Waals surface area (Å²) in [5.74, 6) is 1.64. The van der Waals surface area contributed by atoms with Crippen LogP contribution in [0.15, 0.2) is 55.0 Å². The maximum absolute atomic E-state index is 4.60. The molecule has 3 aromatic heterocycles. The van der Waals surface area contributed by atoms with Gasteiger partial charge in [-0.1, -0.05) is 12.1 Å². The first-order valence-corrected chi connectivity index (χ1v) is 7.99. The second kappa shape index (κ2) is 5.24. The predicted molar refractivity (Wildman–Crippen MR) is 96.9 cm³/mol. The van der Waals surface area contributed by atoms with Crippen LogP contribution < -0.4 is 0 Å². The van der Waals surface area contributed by atoms with E-state index in [1.54, 1.807) is 18.6 Å². The van der Waals surface area contributed by atoms with Crippen molar-refractivity contribution in [3.63, 3.8) is 0 Å². The van der Waals surface area contributed by atoms with Crippen LogP contribution in [0.1, 0.15) is 5.82 Å². The lowest BCUT2D eigenvalue weighted by Gasteiger charge is -2.01. The summed E-state index contributed by atoms with van der Waals surface area (Å²) in [5.41, 5.74) is 6.88. The minimum atomic E-state index is 0.722. The van der Waals surface area contributed by atoms with Crippen LogP contribution >= 0.6 is 0 Å². The summed E-state index contributed by atoms with van der Waals surface area (Å²) in [7, 11) is 0. The third-order valence-electron chi connectivity index (χ3n) is 4.22. The van der Waals surface area contributed by atoms with E-state index >= 15 is 0 Å². The van der Waals surface area contributed by atoms with Crippen molar-refractivity contribution in [2.75, 3.05) is 0 Å². The van der Waals surface area contributed by atoms with Gasteiger partial charge >= 0.3 is 0 Å². The average molecular weight is 326 g/mol. The molecule has 0 atom stereocenters. The summed E-state index contributed by atoms with van der Waals surface area (Å²) in [4.78, 5) is 24.1. The summed E-state index contributed by atoms with van der Waals surface area (Å²) >= 11 is 0. The summed E-state index contributed by atoms with van der Waals surface area (Å²) < 4.78 is 0. The Morgan fingerprint density at radius 2 is 1.52 bits per heavy atom. The Hall–Kier alpha value is -3.54. The van der Waals surface area contributed by atoms with Gasteiger partial charge in [0.2, 0.25) is 0 Å². The monoisotopic (exact) mass is 326 g/mol. The number of H-pyrrole nitrogens is 2. The Kier molecular flexibility index (Phi) is 2.90. The van der Waals surface area contributed by atoms with Crippen LogP contribution in [0.25, 0.3) is 44.7 Å². The third-order valence-corrected chi connectivity index (χ3v) is 4.22. The number of aromatic amines is 2. The van der Waals surface area contributed by atoms with E-state index in [-0.39, 0.29) is 0 Å². The number of nitrogens with zero attached hydrogens (tertiary/aromatic N) is 4. The fraction of sp³-hybridized carbons (Fsp3) is 0.0526. The Morgan fingerprint density at radius 3 is 2.24 bits per heavy atom. The first-order valence-electron chi connectivity index (χ1n) is 7.99. The highest BCUT2D eigenvalue weighted by Gasteiger charge is 2.09. The van der Waals surface area contributed by atoms with E-state index in [0.29, 0.717) is 0 Å². The number of nitrogens with one attached hydrogen (secondary N) is 2. The second-order valence-electron chi connectivity index (χ2n) is 5.96. The molecule has 0 radical (unpaired) electrons. The number of benzene rings is 2. The van der Waals surface area contributed by atoms with E-state index < -0.39 is 0 Å². The third kappa shape index (κ3) is 2.35. The van der Waals surface area contributed by atoms with Gasteiger partial charge in [0.1, 0.15) is 11.5 Å². The lowest BCUT2D eigenvalue weighted by molar-refractivity contribution is 1.17. The number of hydrogen-bond acceptors (Lipinski definition) is 4. The SMILES string of the molecule is Cc1nc2ccc(-c3ccc4nc(-c5cnccn5)[nH]c4c3)cc2[nH]1. The van der Waals surface area contributed by atoms with E-state index in [2.05, 4.69) is 54.2 Å². The minimum Gasteiger partial charge on any atom is -0.342 e. The molecule has 0 bridgehead atoms. The second-order valence-corrected chi connectivity index (χ2v) is 5.96. The van der Waals surface area contributed by atoms with E-state index in [0.717, 1.165) is 50.5 Å². The van der Waals surface area contributed by atoms with Crippen LogP contribution in [0, 0.1) is 6.92 Å². The quantitative estimate of drug-likeness (QED) is 0.516. The maximum Gasteiger partial charge on any atom is 0.158 e. The van der Waals surface area contributed by atoms with Crippen molar-refractivity contribution in [2.45, 2.75) is 6.92 Å². The zero-order valence-electron chi connectivity index (χ0n) is 13.5. The number of imidazole rings is 2. The smallest absolute Gasteiger partial charge is 0.158 e. The van der Waals surface area contributed by atoms with Gasteiger partial charge in [0.15, 0.2) is 5.82 Å². The first kappa shape index (κ1) is 13.9. The van der Waals surface area contributed by atoms with Crippen LogP contribution in [0.5, 0.6) is 0 Å². The number of fused-ring (bicyclic) bond motifs is 2. The van der Waals surface area contributed by atoms with Crippen molar-refractivity contribution in [2.24, 2.45) is 0 Å². The van der Waals surface area contributed by atoms with Crippen LogP contribution in [0.3, 0.4) is 0 Å². The van der Waals surface area contributed by atoms with Crippen LogP contribution in [0.2, 0.25) is 0 Å². The van der Waals surface area contributed by atoms with E-state index in [4.69, 9.17) is 0 Å². The van der Waals surface area contributed by atoms with Crippen molar-refractivity contribution < 1.29 is 0 Å². The molecule has 6 heteroatoms. The molecule has 2 N–H and O–H groups in total. The molecule has 5 rings (SSSR count). The molecule has 0 saturated heterocycles. The van der Waals surface area contributed by atoms with Gasteiger partial charge in [-0.15, -0.1) is 0 Å². The molecule has 0 unspecified atom stereocenters. The van der Waals surface area contributed by atoms with Crippen molar-refractivity contribution >= 4 is 22.1 Å². The van der Waals surface area contributed by atoms with Gasteiger partial charge in [-0.25, -0.2) is 15.0 Å². The Balaban J connectivity index is 1.61. The van der Waals surface area contributed by atoms with Gasteiger partial charge in [-0.05, 0) is 42.3 Å². The van der Waals surface area contributed by atoms with E-state index in [9.17, 15) is 0 Å². The highest BCUT2D eigenvalue weighted by Crippen LogP contribution is 2.27. The number of aromatic nitrogens is 6. The molecule has 120 valence electrons. The van der Waals surface area contributed by atoms with Gasteiger partial charge in [0.05, 0.1) is 28.3 Å². The Bertz CT molecular complexity index is 1200. The molecule has 0 fully saturated rings. The molecule has 3 heterocycles. The molecule has 25 heavy (non-hydrogen) atoms. The molecular weight excluding hydrogens is 312 g/mol. The van der Waals surface area contributed by atoms with E-state index in [1.165, 1.54) is 0 Å². The maximum atomic E-state index is 4.60. The summed E-state index contributed by atoms with van der Waals surface area (Å²) in [5, 5.41) is 0. The number of hydrogen-bond donors (Lipinski definition) is 2. The molecule has 0 aliphatic carbocycles. The summed E-state index contributed by atoms with van der Waals surface area (Å²) in [6.07, 6.45) is 5.01. The molecule has 0 saturated carbocycles.